The first-order valence-electron chi connectivity index (χ1n) is 14.4. The minimum absolute atomic E-state index is 0.135. The number of carbonyl (C=O) groups excluding carboxylic acids is 2. The molecule has 0 aromatic heterocycles. The third-order valence-corrected chi connectivity index (χ3v) is 6.64. The summed E-state index contributed by atoms with van der Waals surface area (Å²) < 4.78 is 0. The monoisotopic (exact) mass is 523 g/mol. The molecule has 0 spiro atoms. The maximum atomic E-state index is 13.3. The number of benzene rings is 2. The van der Waals surface area contributed by atoms with Crippen LogP contribution in [0.5, 0.6) is 0 Å². The van der Waals surface area contributed by atoms with Crippen LogP contribution in [0.1, 0.15) is 83.6 Å². The highest BCUT2D eigenvalue weighted by Crippen LogP contribution is 2.24. The summed E-state index contributed by atoms with van der Waals surface area (Å²) in [5, 5.41) is 9.05. The predicted molar refractivity (Wildman–Crippen MR) is 161 cm³/mol. The van der Waals surface area contributed by atoms with Crippen LogP contribution in [0.4, 0.5) is 26.7 Å². The third kappa shape index (κ3) is 11.4. The molecule has 7 heteroatoms. The minimum atomic E-state index is -0.216. The van der Waals surface area contributed by atoms with Crippen LogP contribution in [0.25, 0.3) is 0 Å². The fourth-order valence-electron chi connectivity index (χ4n) is 4.28. The number of anilines is 3. The van der Waals surface area contributed by atoms with Gasteiger partial charge in [-0.25, -0.2) is 9.59 Å². The van der Waals surface area contributed by atoms with Crippen LogP contribution in [-0.2, 0) is 6.54 Å². The maximum absolute atomic E-state index is 13.3. The van der Waals surface area contributed by atoms with Crippen LogP contribution < -0.4 is 25.8 Å². The Hall–Kier alpha value is -3.22. The number of urea groups is 2. The lowest BCUT2D eigenvalue weighted by Gasteiger charge is -2.25. The molecule has 210 valence electrons. The molecule has 2 aromatic carbocycles. The van der Waals surface area contributed by atoms with E-state index >= 15 is 0 Å². The van der Waals surface area contributed by atoms with Crippen molar-refractivity contribution in [3.05, 3.63) is 54.1 Å². The Labute approximate surface area is 230 Å². The number of nitrogens with one attached hydrogen (secondary N) is 3. The molecule has 38 heavy (non-hydrogen) atoms. The summed E-state index contributed by atoms with van der Waals surface area (Å²) in [7, 11) is 3.99. The molecule has 2 rings (SSSR count). The molecule has 0 radical (unpaired) electrons. The van der Waals surface area contributed by atoms with Gasteiger partial charge in [0.15, 0.2) is 0 Å². The lowest BCUT2D eigenvalue weighted by Crippen LogP contribution is -2.40. The van der Waals surface area contributed by atoms with Crippen molar-refractivity contribution < 1.29 is 9.59 Å². The molecule has 0 unspecified atom stereocenters. The van der Waals surface area contributed by atoms with Gasteiger partial charge < -0.3 is 20.9 Å². The lowest BCUT2D eigenvalue weighted by molar-refractivity contribution is 0.245. The largest absolute Gasteiger partial charge is 0.378 e. The first-order valence-corrected chi connectivity index (χ1v) is 14.4. The summed E-state index contributed by atoms with van der Waals surface area (Å²) in [6, 6.07) is 15.3. The van der Waals surface area contributed by atoms with E-state index < -0.39 is 0 Å². The van der Waals surface area contributed by atoms with Gasteiger partial charge in [-0.1, -0.05) is 83.4 Å². The van der Waals surface area contributed by atoms with E-state index in [1.807, 2.05) is 67.5 Å². The number of amides is 4. The fraction of sp³-hybridized carbons (Fsp3) is 0.548. The topological polar surface area (TPSA) is 76.7 Å². The van der Waals surface area contributed by atoms with Crippen molar-refractivity contribution in [2.24, 2.45) is 0 Å². The van der Waals surface area contributed by atoms with Crippen LogP contribution >= 0.6 is 0 Å². The molecule has 0 bridgehead atoms. The second-order valence-corrected chi connectivity index (χ2v) is 10.1. The standard InChI is InChI=1S/C31H49N5O2/c1-5-7-9-11-15-23-32-30(37)34-29-18-14-13-17-26(29)25-36(28-21-19-27(20-22-28)35(3)4)31(38)33-24-16-12-10-8-6-2/h13-14,17-22H,5-12,15-16,23-25H2,1-4H3,(H,33,38)(H2,32,34,37). The number of rotatable bonds is 17. The van der Waals surface area contributed by atoms with Crippen LogP contribution in [0.3, 0.4) is 0 Å². The number of hydrogen-bond acceptors (Lipinski definition) is 3. The van der Waals surface area contributed by atoms with Gasteiger partial charge in [-0.05, 0) is 48.7 Å². The van der Waals surface area contributed by atoms with Gasteiger partial charge in [-0.3, -0.25) is 4.90 Å². The molecule has 0 fully saturated rings. The highest BCUT2D eigenvalue weighted by molar-refractivity contribution is 5.93. The average Bonchev–Trinajstić information content (AvgIpc) is 2.92. The Morgan fingerprint density at radius 3 is 1.84 bits per heavy atom. The summed E-state index contributed by atoms with van der Waals surface area (Å²) >= 11 is 0. The highest BCUT2D eigenvalue weighted by atomic mass is 16.2. The van der Waals surface area contributed by atoms with E-state index in [0.717, 1.165) is 42.6 Å². The van der Waals surface area contributed by atoms with Crippen molar-refractivity contribution >= 4 is 29.1 Å². The molecule has 0 aliphatic rings. The number of para-hydroxylation sites is 1. The molecule has 2 aromatic rings. The number of carbonyl (C=O) groups is 2. The van der Waals surface area contributed by atoms with Crippen molar-refractivity contribution in [3.8, 4) is 0 Å². The zero-order valence-corrected chi connectivity index (χ0v) is 24.0. The van der Waals surface area contributed by atoms with E-state index in [0.29, 0.717) is 25.3 Å². The van der Waals surface area contributed by atoms with Gasteiger partial charge in [0, 0.05) is 44.2 Å². The summed E-state index contributed by atoms with van der Waals surface area (Å²) in [5.41, 5.74) is 3.46. The lowest BCUT2D eigenvalue weighted by atomic mass is 10.1. The molecule has 0 aliphatic carbocycles. The van der Waals surface area contributed by atoms with E-state index in [-0.39, 0.29) is 12.1 Å². The summed E-state index contributed by atoms with van der Waals surface area (Å²) in [6.45, 7) is 6.04. The van der Waals surface area contributed by atoms with Crippen molar-refractivity contribution in [3.63, 3.8) is 0 Å². The van der Waals surface area contributed by atoms with Gasteiger partial charge in [0.1, 0.15) is 0 Å². The second-order valence-electron chi connectivity index (χ2n) is 10.1. The first-order chi connectivity index (χ1) is 18.5. The molecule has 3 N–H and O–H groups in total. The Bertz CT molecular complexity index is 946. The number of unbranched alkanes of at least 4 members (excludes halogenated alkanes) is 8. The second kappa shape index (κ2) is 18.1. The van der Waals surface area contributed by atoms with Crippen LogP contribution in [-0.4, -0.2) is 39.2 Å². The quantitative estimate of drug-likeness (QED) is 0.188. The third-order valence-electron chi connectivity index (χ3n) is 6.64. The van der Waals surface area contributed by atoms with E-state index in [4.69, 9.17) is 0 Å². The molecule has 0 heterocycles. The van der Waals surface area contributed by atoms with Gasteiger partial charge in [0.05, 0.1) is 6.54 Å². The Morgan fingerprint density at radius 1 is 0.684 bits per heavy atom. The predicted octanol–water partition coefficient (Wildman–Crippen LogP) is 7.53. The molecular formula is C31H49N5O2. The molecular weight excluding hydrogens is 474 g/mol. The van der Waals surface area contributed by atoms with Crippen LogP contribution in [0.2, 0.25) is 0 Å². The zero-order valence-electron chi connectivity index (χ0n) is 24.0. The van der Waals surface area contributed by atoms with Crippen LogP contribution in [0, 0.1) is 0 Å². The van der Waals surface area contributed by atoms with E-state index in [1.54, 1.807) is 4.90 Å². The highest BCUT2D eigenvalue weighted by Gasteiger charge is 2.18. The van der Waals surface area contributed by atoms with Gasteiger partial charge >= 0.3 is 12.1 Å². The molecule has 4 amide bonds. The van der Waals surface area contributed by atoms with Gasteiger partial charge in [-0.2, -0.15) is 0 Å². The first kappa shape index (κ1) is 31.0. The average molecular weight is 524 g/mol. The molecule has 0 atom stereocenters. The molecule has 0 saturated heterocycles. The van der Waals surface area contributed by atoms with Gasteiger partial charge in [0.25, 0.3) is 0 Å². The van der Waals surface area contributed by atoms with Crippen molar-refractivity contribution in [1.29, 1.82) is 0 Å². The SMILES string of the molecule is CCCCCCCNC(=O)Nc1ccccc1CN(C(=O)NCCCCCCC)c1ccc(N(C)C)cc1. The Kier molecular flexibility index (Phi) is 14.8. The van der Waals surface area contributed by atoms with Gasteiger partial charge in [-0.15, -0.1) is 0 Å². The van der Waals surface area contributed by atoms with Gasteiger partial charge in [0.2, 0.25) is 0 Å². The summed E-state index contributed by atoms with van der Waals surface area (Å²) in [4.78, 5) is 29.7. The maximum Gasteiger partial charge on any atom is 0.322 e. The smallest absolute Gasteiger partial charge is 0.322 e. The van der Waals surface area contributed by atoms with Crippen molar-refractivity contribution in [2.75, 3.05) is 42.3 Å². The molecule has 0 aliphatic heterocycles. The van der Waals surface area contributed by atoms with Crippen molar-refractivity contribution in [1.82, 2.24) is 10.6 Å². The normalized spacial score (nSPS) is 10.6. The Morgan fingerprint density at radius 2 is 1.24 bits per heavy atom. The number of hydrogen-bond donors (Lipinski definition) is 3. The van der Waals surface area contributed by atoms with Crippen molar-refractivity contribution in [2.45, 2.75) is 84.6 Å². The minimum Gasteiger partial charge on any atom is -0.378 e. The zero-order chi connectivity index (χ0) is 27.6. The van der Waals surface area contributed by atoms with Crippen LogP contribution in [0.15, 0.2) is 48.5 Å². The number of nitrogens with zero attached hydrogens (tertiary/aromatic N) is 2. The van der Waals surface area contributed by atoms with E-state index in [1.165, 1.54) is 38.5 Å². The summed E-state index contributed by atoms with van der Waals surface area (Å²) in [5.74, 6) is 0. The van der Waals surface area contributed by atoms with E-state index in [2.05, 4.69) is 29.8 Å². The molecule has 0 saturated carbocycles. The summed E-state index contributed by atoms with van der Waals surface area (Å²) in [6.07, 6.45) is 11.5. The fourth-order valence-corrected chi connectivity index (χ4v) is 4.28. The van der Waals surface area contributed by atoms with E-state index in [9.17, 15) is 9.59 Å². The Balaban J connectivity index is 2.08. The molecule has 7 nitrogen and oxygen atoms in total.